The van der Waals surface area contributed by atoms with E-state index < -0.39 is 0 Å². The van der Waals surface area contributed by atoms with Crippen molar-refractivity contribution in [2.45, 2.75) is 0 Å². The summed E-state index contributed by atoms with van der Waals surface area (Å²) in [4.78, 5) is 0. The van der Waals surface area contributed by atoms with Crippen molar-refractivity contribution >= 4 is 22.9 Å². The van der Waals surface area contributed by atoms with Crippen molar-refractivity contribution < 1.29 is 0 Å². The zero-order valence-corrected chi connectivity index (χ0v) is 15.2. The van der Waals surface area contributed by atoms with Crippen LogP contribution in [0, 0.1) is 23.7 Å². The molecule has 0 heterocycles. The summed E-state index contributed by atoms with van der Waals surface area (Å²) in [5.74, 6) is 13.3. The Bertz CT molecular complexity index is 1230. The number of hydrogen-bond donors (Lipinski definition) is 0. The molecule has 128 valence electrons. The maximum Gasteiger partial charge on any atom is 0.0340 e. The molecule has 0 amide bonds. The summed E-state index contributed by atoms with van der Waals surface area (Å²) in [6.07, 6.45) is 4.33. The lowest BCUT2D eigenvalue weighted by Gasteiger charge is -2.07. The van der Waals surface area contributed by atoms with Gasteiger partial charge in [-0.1, -0.05) is 84.4 Å². The Balaban J connectivity index is 1.70. The molecule has 28 heavy (non-hydrogen) atoms. The quantitative estimate of drug-likeness (QED) is 0.294. The largest absolute Gasteiger partial charge is 0.0622 e. The van der Waals surface area contributed by atoms with E-state index >= 15 is 0 Å². The van der Waals surface area contributed by atoms with Gasteiger partial charge in [-0.15, -0.1) is 0 Å². The third-order valence-corrected chi connectivity index (χ3v) is 4.90. The van der Waals surface area contributed by atoms with Gasteiger partial charge >= 0.3 is 0 Å². The summed E-state index contributed by atoms with van der Waals surface area (Å²) in [6, 6.07) is 28.7. The van der Waals surface area contributed by atoms with E-state index in [0.717, 1.165) is 27.6 Å². The van der Waals surface area contributed by atoms with Crippen LogP contribution in [0.1, 0.15) is 33.4 Å². The predicted molar refractivity (Wildman–Crippen MR) is 118 cm³/mol. The predicted octanol–water partition coefficient (Wildman–Crippen LogP) is 6.12. The number of benzene rings is 4. The maximum absolute atomic E-state index is 3.38. The molecule has 4 aromatic carbocycles. The molecular formula is C28H16. The van der Waals surface area contributed by atoms with Gasteiger partial charge in [0.15, 0.2) is 0 Å². The van der Waals surface area contributed by atoms with E-state index in [2.05, 4.69) is 60.1 Å². The summed E-state index contributed by atoms with van der Waals surface area (Å²) in [7, 11) is 0. The van der Waals surface area contributed by atoms with Crippen molar-refractivity contribution in [2.24, 2.45) is 0 Å². The molecule has 5 rings (SSSR count). The fourth-order valence-corrected chi connectivity index (χ4v) is 3.54. The van der Waals surface area contributed by atoms with E-state index in [1.54, 1.807) is 0 Å². The molecule has 0 aromatic heterocycles. The van der Waals surface area contributed by atoms with Crippen LogP contribution in [0.15, 0.2) is 84.9 Å². The average molecular weight is 352 g/mol. The molecule has 0 fully saturated rings. The molecule has 4 aromatic rings. The molecule has 0 bridgehead atoms. The Labute approximate surface area is 165 Å². The molecule has 0 nitrogen and oxygen atoms in total. The van der Waals surface area contributed by atoms with Gasteiger partial charge in [-0.2, -0.15) is 0 Å². The highest BCUT2D eigenvalue weighted by atomic mass is 14.2. The van der Waals surface area contributed by atoms with Crippen LogP contribution in [-0.2, 0) is 0 Å². The van der Waals surface area contributed by atoms with Crippen molar-refractivity contribution in [3.05, 3.63) is 118 Å². The summed E-state index contributed by atoms with van der Waals surface area (Å²) in [6.45, 7) is 0. The van der Waals surface area contributed by atoms with Gasteiger partial charge in [0.25, 0.3) is 0 Å². The second-order valence-corrected chi connectivity index (χ2v) is 6.72. The average Bonchev–Trinajstić information content (AvgIpc) is 3.18. The number of rotatable bonds is 0. The van der Waals surface area contributed by atoms with Gasteiger partial charge in [-0.25, -0.2) is 0 Å². The fraction of sp³-hybridized carbons (Fsp3) is 0. The molecule has 0 heteroatoms. The van der Waals surface area contributed by atoms with Gasteiger partial charge in [-0.3, -0.25) is 0 Å². The van der Waals surface area contributed by atoms with Crippen LogP contribution in [0.25, 0.3) is 22.9 Å². The van der Waals surface area contributed by atoms with E-state index in [9.17, 15) is 0 Å². The van der Waals surface area contributed by atoms with Gasteiger partial charge in [0, 0.05) is 27.6 Å². The van der Waals surface area contributed by atoms with Crippen molar-refractivity contribution in [1.82, 2.24) is 0 Å². The van der Waals surface area contributed by atoms with Crippen molar-refractivity contribution in [3.63, 3.8) is 0 Å². The standard InChI is InChI=1S/C28H16/c1-3-7-21(8-4-1)11-13-23-15-17-25-19-20-26-18-16-24(27(23)28(25)26)14-12-22-9-5-2-6-10-22/h1-10,15-20H. The van der Waals surface area contributed by atoms with Crippen LogP contribution in [0.2, 0.25) is 0 Å². The van der Waals surface area contributed by atoms with E-state index in [1.165, 1.54) is 16.5 Å². The molecule has 0 radical (unpaired) electrons. The molecule has 0 spiro atoms. The fourth-order valence-electron chi connectivity index (χ4n) is 3.54. The van der Waals surface area contributed by atoms with Crippen molar-refractivity contribution in [2.75, 3.05) is 0 Å². The Morgan fingerprint density at radius 2 is 0.857 bits per heavy atom. The zero-order valence-electron chi connectivity index (χ0n) is 15.2. The minimum absolute atomic E-state index is 1.01. The monoisotopic (exact) mass is 352 g/mol. The first-order valence-corrected chi connectivity index (χ1v) is 9.30. The third kappa shape index (κ3) is 2.99. The second-order valence-electron chi connectivity index (χ2n) is 6.72. The lowest BCUT2D eigenvalue weighted by Crippen LogP contribution is -1.89. The molecule has 0 saturated heterocycles. The molecule has 0 aliphatic heterocycles. The molecule has 0 saturated carbocycles. The Kier molecular flexibility index (Phi) is 4.02. The van der Waals surface area contributed by atoms with Gasteiger partial charge in [0.2, 0.25) is 0 Å². The Morgan fingerprint density at radius 1 is 0.393 bits per heavy atom. The molecule has 1 aliphatic carbocycles. The van der Waals surface area contributed by atoms with Crippen LogP contribution < -0.4 is 0 Å². The van der Waals surface area contributed by atoms with E-state index in [1.807, 2.05) is 60.7 Å². The SMILES string of the molecule is C(#Cc1ccc2c3c(ccc(C#Cc4ccccc4)c13)C=C2)c1ccccc1. The summed E-state index contributed by atoms with van der Waals surface area (Å²) < 4.78 is 0. The second kappa shape index (κ2) is 6.96. The molecule has 0 N–H and O–H groups in total. The minimum Gasteiger partial charge on any atom is -0.0622 e. The first-order chi connectivity index (χ1) is 13.9. The highest BCUT2D eigenvalue weighted by Gasteiger charge is 2.14. The molecule has 0 atom stereocenters. The highest BCUT2D eigenvalue weighted by Crippen LogP contribution is 2.35. The van der Waals surface area contributed by atoms with E-state index in [4.69, 9.17) is 0 Å². The summed E-state index contributed by atoms with van der Waals surface area (Å²) in [5, 5.41) is 2.39. The lowest BCUT2D eigenvalue weighted by molar-refractivity contribution is 1.62. The van der Waals surface area contributed by atoms with Gasteiger partial charge in [0.05, 0.1) is 0 Å². The normalized spacial score (nSPS) is 10.9. The Morgan fingerprint density at radius 3 is 1.32 bits per heavy atom. The maximum atomic E-state index is 3.38. The van der Waals surface area contributed by atoms with Crippen LogP contribution in [0.4, 0.5) is 0 Å². The molecular weight excluding hydrogens is 336 g/mol. The molecule has 1 aliphatic rings. The van der Waals surface area contributed by atoms with Crippen LogP contribution in [-0.4, -0.2) is 0 Å². The van der Waals surface area contributed by atoms with Crippen molar-refractivity contribution in [1.29, 1.82) is 0 Å². The van der Waals surface area contributed by atoms with E-state index in [-0.39, 0.29) is 0 Å². The van der Waals surface area contributed by atoms with Gasteiger partial charge in [0.1, 0.15) is 0 Å². The minimum atomic E-state index is 1.01. The lowest BCUT2D eigenvalue weighted by atomic mass is 9.95. The van der Waals surface area contributed by atoms with Gasteiger partial charge < -0.3 is 0 Å². The smallest absolute Gasteiger partial charge is 0.0340 e. The first-order valence-electron chi connectivity index (χ1n) is 9.30. The van der Waals surface area contributed by atoms with Gasteiger partial charge in [-0.05, 0) is 52.9 Å². The van der Waals surface area contributed by atoms with Crippen molar-refractivity contribution in [3.8, 4) is 23.7 Å². The van der Waals surface area contributed by atoms with Crippen LogP contribution in [0.5, 0.6) is 0 Å². The van der Waals surface area contributed by atoms with Crippen LogP contribution >= 0.6 is 0 Å². The Hall–Kier alpha value is -4.00. The first kappa shape index (κ1) is 16.2. The highest BCUT2D eigenvalue weighted by molar-refractivity contribution is 6.09. The summed E-state index contributed by atoms with van der Waals surface area (Å²) >= 11 is 0. The zero-order chi connectivity index (χ0) is 18.8. The third-order valence-electron chi connectivity index (χ3n) is 4.90. The number of hydrogen-bond acceptors (Lipinski definition) is 0. The molecule has 0 unspecified atom stereocenters. The summed E-state index contributed by atoms with van der Waals surface area (Å²) in [5.41, 5.74) is 6.54. The van der Waals surface area contributed by atoms with E-state index in [0.29, 0.717) is 0 Å². The topological polar surface area (TPSA) is 0 Å². The van der Waals surface area contributed by atoms with Crippen LogP contribution in [0.3, 0.4) is 0 Å².